The van der Waals surface area contributed by atoms with Crippen LogP contribution in [0.25, 0.3) is 0 Å². The zero-order valence-corrected chi connectivity index (χ0v) is 14.2. The molecule has 4 nitrogen and oxygen atoms in total. The van der Waals surface area contributed by atoms with Crippen LogP contribution in [0.3, 0.4) is 0 Å². The Bertz CT molecular complexity index is 512. The van der Waals surface area contributed by atoms with Crippen LogP contribution in [0.5, 0.6) is 0 Å². The lowest BCUT2D eigenvalue weighted by molar-refractivity contribution is 0.316. The van der Waals surface area contributed by atoms with E-state index in [-0.39, 0.29) is 11.8 Å². The molecule has 0 aliphatic rings. The summed E-state index contributed by atoms with van der Waals surface area (Å²) in [5.41, 5.74) is 6.33. The number of nitrogen functional groups attached to an aromatic ring is 1. The highest BCUT2D eigenvalue weighted by atomic mass is 32.2. The zero-order valence-electron chi connectivity index (χ0n) is 12.5. The SMILES string of the molecule is CC(C)C(C)N(C)S(=O)(=O)CCSc1ccc(N)cc1. The fourth-order valence-electron chi connectivity index (χ4n) is 1.65. The van der Waals surface area contributed by atoms with Crippen LogP contribution in [0, 0.1) is 5.92 Å². The van der Waals surface area contributed by atoms with E-state index >= 15 is 0 Å². The summed E-state index contributed by atoms with van der Waals surface area (Å²) < 4.78 is 25.9. The van der Waals surface area contributed by atoms with Crippen LogP contribution in [0.2, 0.25) is 0 Å². The Labute approximate surface area is 126 Å². The van der Waals surface area contributed by atoms with Crippen LogP contribution < -0.4 is 5.73 Å². The number of nitrogens with two attached hydrogens (primary N) is 1. The van der Waals surface area contributed by atoms with Gasteiger partial charge < -0.3 is 5.73 Å². The topological polar surface area (TPSA) is 63.4 Å². The van der Waals surface area contributed by atoms with Crippen LogP contribution in [-0.4, -0.2) is 37.3 Å². The minimum Gasteiger partial charge on any atom is -0.399 e. The maximum absolute atomic E-state index is 12.2. The van der Waals surface area contributed by atoms with Crippen molar-refractivity contribution < 1.29 is 8.42 Å². The van der Waals surface area contributed by atoms with Gasteiger partial charge in [-0.3, -0.25) is 0 Å². The molecule has 0 heterocycles. The van der Waals surface area contributed by atoms with Gasteiger partial charge in [0.05, 0.1) is 5.75 Å². The van der Waals surface area contributed by atoms with Gasteiger partial charge in [-0.25, -0.2) is 12.7 Å². The van der Waals surface area contributed by atoms with E-state index in [9.17, 15) is 8.42 Å². The molecule has 0 saturated heterocycles. The normalized spacial score (nSPS) is 13.9. The van der Waals surface area contributed by atoms with Crippen molar-refractivity contribution in [3.8, 4) is 0 Å². The molecule has 0 amide bonds. The third kappa shape index (κ3) is 5.00. The molecule has 1 aromatic rings. The van der Waals surface area contributed by atoms with Crippen molar-refractivity contribution in [2.45, 2.75) is 31.7 Å². The van der Waals surface area contributed by atoms with Crippen molar-refractivity contribution in [1.29, 1.82) is 0 Å². The molecule has 20 heavy (non-hydrogen) atoms. The summed E-state index contributed by atoms with van der Waals surface area (Å²) >= 11 is 1.53. The number of anilines is 1. The summed E-state index contributed by atoms with van der Waals surface area (Å²) in [7, 11) is -1.53. The Morgan fingerprint density at radius 2 is 1.75 bits per heavy atom. The molecule has 114 valence electrons. The van der Waals surface area contributed by atoms with E-state index in [0.29, 0.717) is 17.4 Å². The summed E-state index contributed by atoms with van der Waals surface area (Å²) in [5, 5.41) is 0. The van der Waals surface area contributed by atoms with Gasteiger partial charge >= 0.3 is 0 Å². The molecule has 0 saturated carbocycles. The molecule has 6 heteroatoms. The van der Waals surface area contributed by atoms with Crippen LogP contribution in [0.15, 0.2) is 29.2 Å². The molecule has 0 aliphatic heterocycles. The molecule has 2 N–H and O–H groups in total. The Morgan fingerprint density at radius 1 is 1.20 bits per heavy atom. The van der Waals surface area contributed by atoms with Crippen molar-refractivity contribution >= 4 is 27.5 Å². The molecule has 1 aromatic carbocycles. The van der Waals surface area contributed by atoms with E-state index in [1.807, 2.05) is 45.0 Å². The molecular weight excluding hydrogens is 292 g/mol. The maximum atomic E-state index is 12.2. The monoisotopic (exact) mass is 316 g/mol. The quantitative estimate of drug-likeness (QED) is 0.620. The first-order valence-corrected chi connectivity index (χ1v) is 9.27. The summed E-state index contributed by atoms with van der Waals surface area (Å²) in [6.45, 7) is 5.99. The van der Waals surface area contributed by atoms with Gasteiger partial charge in [-0.1, -0.05) is 13.8 Å². The largest absolute Gasteiger partial charge is 0.399 e. The molecular formula is C14H24N2O2S2. The molecule has 1 atom stereocenters. The predicted molar refractivity (Wildman–Crippen MR) is 87.4 cm³/mol. The zero-order chi connectivity index (χ0) is 15.3. The molecule has 0 aromatic heterocycles. The van der Waals surface area contributed by atoms with Gasteiger partial charge in [0.25, 0.3) is 0 Å². The first-order chi connectivity index (χ1) is 9.24. The van der Waals surface area contributed by atoms with E-state index in [2.05, 4.69) is 0 Å². The summed E-state index contributed by atoms with van der Waals surface area (Å²) in [5.74, 6) is 0.997. The third-order valence-corrected chi connectivity index (χ3v) is 6.67. The van der Waals surface area contributed by atoms with Crippen molar-refractivity contribution in [1.82, 2.24) is 4.31 Å². The number of thioether (sulfide) groups is 1. The maximum Gasteiger partial charge on any atom is 0.214 e. The molecule has 0 spiro atoms. The van der Waals surface area contributed by atoms with Gasteiger partial charge in [0, 0.05) is 29.4 Å². The number of sulfonamides is 1. The number of hydrogen-bond acceptors (Lipinski definition) is 4. The highest BCUT2D eigenvalue weighted by molar-refractivity contribution is 8.00. The van der Waals surface area contributed by atoms with Crippen LogP contribution >= 0.6 is 11.8 Å². The summed E-state index contributed by atoms with van der Waals surface area (Å²) in [6, 6.07) is 7.48. The highest BCUT2D eigenvalue weighted by Crippen LogP contribution is 2.20. The first kappa shape index (κ1) is 17.3. The lowest BCUT2D eigenvalue weighted by Crippen LogP contribution is -2.39. The van der Waals surface area contributed by atoms with Crippen molar-refractivity contribution in [2.24, 2.45) is 5.92 Å². The number of hydrogen-bond donors (Lipinski definition) is 1. The lowest BCUT2D eigenvalue weighted by Gasteiger charge is -2.27. The van der Waals surface area contributed by atoms with Gasteiger partial charge in [-0.15, -0.1) is 11.8 Å². The number of rotatable bonds is 7. The summed E-state index contributed by atoms with van der Waals surface area (Å²) in [4.78, 5) is 1.04. The highest BCUT2D eigenvalue weighted by Gasteiger charge is 2.24. The smallest absolute Gasteiger partial charge is 0.214 e. The molecule has 1 unspecified atom stereocenters. The Kier molecular flexibility index (Phi) is 6.36. The van der Waals surface area contributed by atoms with Gasteiger partial charge in [0.1, 0.15) is 0 Å². The number of nitrogens with zero attached hydrogens (tertiary/aromatic N) is 1. The van der Waals surface area contributed by atoms with Gasteiger partial charge in [0.15, 0.2) is 0 Å². The minimum absolute atomic E-state index is 0.0153. The van der Waals surface area contributed by atoms with E-state index in [0.717, 1.165) is 4.90 Å². The number of benzene rings is 1. The Hall–Kier alpha value is -0.720. The second-order valence-electron chi connectivity index (χ2n) is 5.23. The van der Waals surface area contributed by atoms with E-state index < -0.39 is 10.0 Å². The lowest BCUT2D eigenvalue weighted by atomic mass is 10.1. The standard InChI is InChI=1S/C14H24N2O2S2/c1-11(2)12(3)16(4)20(17,18)10-9-19-14-7-5-13(15)6-8-14/h5-8,11-12H,9-10,15H2,1-4H3. The molecule has 0 radical (unpaired) electrons. The van der Waals surface area contributed by atoms with Crippen LogP contribution in [-0.2, 0) is 10.0 Å². The van der Waals surface area contributed by atoms with Gasteiger partial charge in [-0.2, -0.15) is 0 Å². The third-order valence-electron chi connectivity index (χ3n) is 3.47. The van der Waals surface area contributed by atoms with E-state index in [1.54, 1.807) is 7.05 Å². The van der Waals surface area contributed by atoms with Gasteiger partial charge in [0.2, 0.25) is 10.0 Å². The van der Waals surface area contributed by atoms with Crippen LogP contribution in [0.1, 0.15) is 20.8 Å². The van der Waals surface area contributed by atoms with E-state index in [4.69, 9.17) is 5.73 Å². The average molecular weight is 316 g/mol. The minimum atomic E-state index is -3.20. The molecule has 0 aliphatic carbocycles. The Morgan fingerprint density at radius 3 is 2.25 bits per heavy atom. The van der Waals surface area contributed by atoms with E-state index in [1.165, 1.54) is 16.1 Å². The second kappa shape index (κ2) is 7.33. The summed E-state index contributed by atoms with van der Waals surface area (Å²) in [6.07, 6.45) is 0. The molecule has 1 rings (SSSR count). The fraction of sp³-hybridized carbons (Fsp3) is 0.571. The average Bonchev–Trinajstić information content (AvgIpc) is 2.39. The van der Waals surface area contributed by atoms with Crippen LogP contribution in [0.4, 0.5) is 5.69 Å². The molecule has 0 bridgehead atoms. The fourth-order valence-corrected chi connectivity index (χ4v) is 4.42. The van der Waals surface area contributed by atoms with Crippen molar-refractivity contribution in [3.05, 3.63) is 24.3 Å². The van der Waals surface area contributed by atoms with Crippen molar-refractivity contribution in [2.75, 3.05) is 24.3 Å². The first-order valence-electron chi connectivity index (χ1n) is 6.68. The second-order valence-corrected chi connectivity index (χ2v) is 8.55. The van der Waals surface area contributed by atoms with Crippen molar-refractivity contribution in [3.63, 3.8) is 0 Å². The van der Waals surface area contributed by atoms with Gasteiger partial charge in [-0.05, 0) is 37.1 Å². The predicted octanol–water partition coefficient (Wildman–Crippen LogP) is 2.67. The molecule has 0 fully saturated rings. The Balaban J connectivity index is 2.53.